The van der Waals surface area contributed by atoms with Crippen LogP contribution >= 0.6 is 23.1 Å². The highest BCUT2D eigenvalue weighted by Gasteiger charge is 2.42. The van der Waals surface area contributed by atoms with Crippen LogP contribution in [0.25, 0.3) is 0 Å². The number of nitrogens with zero attached hydrogens (tertiary/aromatic N) is 2. The average molecular weight is 364 g/mol. The first kappa shape index (κ1) is 17.4. The third-order valence-corrected chi connectivity index (χ3v) is 6.00. The number of nitrogens with one attached hydrogen (secondary N) is 1. The Morgan fingerprint density at radius 2 is 1.96 bits per heavy atom. The summed E-state index contributed by atoms with van der Waals surface area (Å²) in [5.41, 5.74) is 0.475. The first-order valence-corrected chi connectivity index (χ1v) is 9.75. The van der Waals surface area contributed by atoms with Crippen molar-refractivity contribution in [1.29, 1.82) is 0 Å². The van der Waals surface area contributed by atoms with Crippen LogP contribution in [0.15, 0.2) is 34.7 Å². The second kappa shape index (κ2) is 7.63. The number of carbonyl (C=O) groups is 1. The molecule has 2 heterocycles. The maximum absolute atomic E-state index is 13.1. The number of hydrogen-bond acceptors (Lipinski definition) is 6. The smallest absolute Gasteiger partial charge is 0.237 e. The fourth-order valence-corrected chi connectivity index (χ4v) is 4.82. The van der Waals surface area contributed by atoms with E-state index >= 15 is 0 Å². The van der Waals surface area contributed by atoms with Crippen molar-refractivity contribution < 1.29 is 9.53 Å². The van der Waals surface area contributed by atoms with Crippen LogP contribution in [0.5, 0.6) is 0 Å². The first-order chi connectivity index (χ1) is 11.6. The predicted molar refractivity (Wildman–Crippen MR) is 97.7 cm³/mol. The van der Waals surface area contributed by atoms with E-state index < -0.39 is 5.41 Å². The summed E-state index contributed by atoms with van der Waals surface area (Å²) in [7, 11) is 0. The Morgan fingerprint density at radius 3 is 2.62 bits per heavy atom. The first-order valence-electron chi connectivity index (χ1n) is 8.05. The zero-order chi connectivity index (χ0) is 17.0. The second-order valence-electron chi connectivity index (χ2n) is 6.05. The molecule has 0 bridgehead atoms. The topological polar surface area (TPSA) is 64.1 Å². The largest absolute Gasteiger partial charge is 0.381 e. The van der Waals surface area contributed by atoms with Gasteiger partial charge in [0.15, 0.2) is 4.34 Å². The number of benzene rings is 1. The van der Waals surface area contributed by atoms with Gasteiger partial charge in [-0.15, -0.1) is 10.2 Å². The maximum Gasteiger partial charge on any atom is 0.237 e. The molecule has 3 rings (SSSR count). The van der Waals surface area contributed by atoms with Crippen LogP contribution in [0.2, 0.25) is 0 Å². The lowest BCUT2D eigenvalue weighted by molar-refractivity contribution is -0.125. The molecular weight excluding hydrogens is 342 g/mol. The molecule has 24 heavy (non-hydrogen) atoms. The van der Waals surface area contributed by atoms with Gasteiger partial charge in [-0.05, 0) is 18.4 Å². The molecule has 2 aromatic rings. The van der Waals surface area contributed by atoms with Crippen molar-refractivity contribution in [3.05, 3.63) is 35.9 Å². The van der Waals surface area contributed by atoms with Gasteiger partial charge in [0, 0.05) is 18.5 Å². The van der Waals surface area contributed by atoms with E-state index in [1.807, 2.05) is 30.3 Å². The summed E-state index contributed by atoms with van der Waals surface area (Å²) in [4.78, 5) is 13.1. The summed E-state index contributed by atoms with van der Waals surface area (Å²) in [5, 5.41) is 12.2. The summed E-state index contributed by atoms with van der Waals surface area (Å²) in [6, 6.07) is 9.95. The van der Waals surface area contributed by atoms with E-state index in [-0.39, 0.29) is 5.91 Å². The number of thioether (sulfide) groups is 1. The van der Waals surface area contributed by atoms with Crippen LogP contribution < -0.4 is 5.32 Å². The van der Waals surface area contributed by atoms with E-state index in [0.29, 0.717) is 36.4 Å². The maximum atomic E-state index is 13.1. The molecule has 128 valence electrons. The number of rotatable bonds is 5. The van der Waals surface area contributed by atoms with Crippen molar-refractivity contribution in [3.63, 3.8) is 0 Å². The SMILES string of the molecule is CC(C)Sc1nnc(NC(=O)C2(c3ccccc3)CCOCC2)s1. The van der Waals surface area contributed by atoms with Gasteiger partial charge in [-0.1, -0.05) is 67.3 Å². The van der Waals surface area contributed by atoms with E-state index in [9.17, 15) is 4.79 Å². The van der Waals surface area contributed by atoms with Gasteiger partial charge in [-0.25, -0.2) is 0 Å². The van der Waals surface area contributed by atoms with Crippen molar-refractivity contribution in [3.8, 4) is 0 Å². The number of aromatic nitrogens is 2. The van der Waals surface area contributed by atoms with E-state index in [4.69, 9.17) is 4.74 Å². The zero-order valence-electron chi connectivity index (χ0n) is 13.8. The van der Waals surface area contributed by atoms with Gasteiger partial charge in [0.1, 0.15) is 0 Å². The number of anilines is 1. The molecular formula is C17H21N3O2S2. The van der Waals surface area contributed by atoms with Crippen LogP contribution in [0, 0.1) is 0 Å². The highest BCUT2D eigenvalue weighted by atomic mass is 32.2. The summed E-state index contributed by atoms with van der Waals surface area (Å²) in [6.07, 6.45) is 1.35. The molecule has 1 aromatic heterocycles. The normalized spacial score (nSPS) is 17.0. The van der Waals surface area contributed by atoms with Gasteiger partial charge >= 0.3 is 0 Å². The molecule has 0 aliphatic carbocycles. The minimum absolute atomic E-state index is 0.0192. The van der Waals surface area contributed by atoms with Crippen LogP contribution in [0.4, 0.5) is 5.13 Å². The Hall–Kier alpha value is -1.44. The third kappa shape index (κ3) is 3.79. The summed E-state index contributed by atoms with van der Waals surface area (Å²) >= 11 is 3.08. The lowest BCUT2D eigenvalue weighted by atomic mass is 9.73. The van der Waals surface area contributed by atoms with Crippen molar-refractivity contribution in [1.82, 2.24) is 10.2 Å². The van der Waals surface area contributed by atoms with Gasteiger partial charge in [0.25, 0.3) is 0 Å². The van der Waals surface area contributed by atoms with Crippen molar-refractivity contribution >= 4 is 34.1 Å². The number of hydrogen-bond donors (Lipinski definition) is 1. The number of carbonyl (C=O) groups excluding carboxylic acids is 1. The second-order valence-corrected chi connectivity index (χ2v) is 8.86. The quantitative estimate of drug-likeness (QED) is 0.648. The van der Waals surface area contributed by atoms with Crippen LogP contribution in [0.1, 0.15) is 32.3 Å². The summed E-state index contributed by atoms with van der Waals surface area (Å²) in [5.74, 6) is -0.0192. The van der Waals surface area contributed by atoms with Gasteiger partial charge in [0.05, 0.1) is 5.41 Å². The van der Waals surface area contributed by atoms with Crippen molar-refractivity contribution in [2.45, 2.75) is 41.7 Å². The fourth-order valence-electron chi connectivity index (χ4n) is 2.85. The molecule has 1 aliphatic rings. The molecule has 1 aliphatic heterocycles. The molecule has 1 fully saturated rings. The molecule has 0 saturated carbocycles. The summed E-state index contributed by atoms with van der Waals surface area (Å²) in [6.45, 7) is 5.40. The van der Waals surface area contributed by atoms with Gasteiger partial charge in [0.2, 0.25) is 11.0 Å². The monoisotopic (exact) mass is 363 g/mol. The Balaban J connectivity index is 1.81. The Morgan fingerprint density at radius 1 is 1.25 bits per heavy atom. The molecule has 1 aromatic carbocycles. The van der Waals surface area contributed by atoms with Gasteiger partial charge in [-0.2, -0.15) is 0 Å². The molecule has 5 nitrogen and oxygen atoms in total. The standard InChI is InChI=1S/C17H21N3O2S2/c1-12(2)23-16-20-19-15(24-16)18-14(21)17(8-10-22-11-9-17)13-6-4-3-5-7-13/h3-7,12H,8-11H2,1-2H3,(H,18,19,21). The van der Waals surface area contributed by atoms with E-state index in [1.165, 1.54) is 11.3 Å². The van der Waals surface area contributed by atoms with Crippen LogP contribution in [0.3, 0.4) is 0 Å². The minimum atomic E-state index is -0.559. The minimum Gasteiger partial charge on any atom is -0.381 e. The fraction of sp³-hybridized carbons (Fsp3) is 0.471. The van der Waals surface area contributed by atoms with E-state index in [1.54, 1.807) is 11.8 Å². The lowest BCUT2D eigenvalue weighted by Crippen LogP contribution is -2.44. The highest BCUT2D eigenvalue weighted by molar-refractivity contribution is 8.01. The highest BCUT2D eigenvalue weighted by Crippen LogP contribution is 2.37. The average Bonchev–Trinajstić information content (AvgIpc) is 3.02. The molecule has 7 heteroatoms. The zero-order valence-corrected chi connectivity index (χ0v) is 15.5. The van der Waals surface area contributed by atoms with Gasteiger partial charge in [-0.3, -0.25) is 10.1 Å². The molecule has 1 amide bonds. The third-order valence-electron chi connectivity index (χ3n) is 4.07. The Bertz CT molecular complexity index is 682. The van der Waals surface area contributed by atoms with E-state index in [0.717, 1.165) is 9.90 Å². The molecule has 1 saturated heterocycles. The number of amides is 1. The Kier molecular flexibility index (Phi) is 5.53. The Labute approximate surface area is 150 Å². The number of ether oxygens (including phenoxy) is 1. The van der Waals surface area contributed by atoms with Crippen LogP contribution in [-0.4, -0.2) is 34.6 Å². The molecule has 0 atom stereocenters. The lowest BCUT2D eigenvalue weighted by Gasteiger charge is -2.35. The molecule has 0 unspecified atom stereocenters. The molecule has 1 N–H and O–H groups in total. The van der Waals surface area contributed by atoms with Crippen molar-refractivity contribution in [2.75, 3.05) is 18.5 Å². The predicted octanol–water partition coefficient (Wildman–Crippen LogP) is 3.73. The molecule has 0 spiro atoms. The van der Waals surface area contributed by atoms with E-state index in [2.05, 4.69) is 29.4 Å². The van der Waals surface area contributed by atoms with Crippen molar-refractivity contribution in [2.24, 2.45) is 0 Å². The van der Waals surface area contributed by atoms with Crippen LogP contribution in [-0.2, 0) is 14.9 Å². The molecule has 0 radical (unpaired) electrons. The summed E-state index contributed by atoms with van der Waals surface area (Å²) < 4.78 is 6.36. The van der Waals surface area contributed by atoms with Gasteiger partial charge < -0.3 is 4.74 Å².